The van der Waals surface area contributed by atoms with Crippen molar-refractivity contribution in [3.05, 3.63) is 80.1 Å². The minimum atomic E-state index is -1.26. The fraction of sp³-hybridized carbons (Fsp3) is 0.370. The number of amidine groups is 1. The number of carbonyl (C=O) groups excluding carboxylic acids is 1. The van der Waals surface area contributed by atoms with Gasteiger partial charge in [0.1, 0.15) is 12.3 Å². The number of hydrogen-bond acceptors (Lipinski definition) is 9. The van der Waals surface area contributed by atoms with Crippen LogP contribution in [0, 0.1) is 17.6 Å². The Morgan fingerprint density at radius 2 is 1.98 bits per heavy atom. The molecule has 210 valence electrons. The monoisotopic (exact) mass is 590 g/mol. The average Bonchev–Trinajstić information content (AvgIpc) is 3.67. The summed E-state index contributed by atoms with van der Waals surface area (Å²) in [5.41, 5.74) is 1.10. The summed E-state index contributed by atoms with van der Waals surface area (Å²) in [6.45, 7) is 0. The van der Waals surface area contributed by atoms with Crippen LogP contribution < -0.4 is 5.32 Å². The summed E-state index contributed by atoms with van der Waals surface area (Å²) in [5.74, 6) is -3.18. The molecule has 1 aliphatic carbocycles. The molecule has 1 unspecified atom stereocenters. The van der Waals surface area contributed by atoms with Crippen LogP contribution in [0.4, 0.5) is 8.78 Å². The molecule has 0 bridgehead atoms. The van der Waals surface area contributed by atoms with Gasteiger partial charge in [0, 0.05) is 35.2 Å². The predicted octanol–water partition coefficient (Wildman–Crippen LogP) is 5.57. The highest BCUT2D eigenvalue weighted by atomic mass is 35.5. The highest BCUT2D eigenvalue weighted by molar-refractivity contribution is 7.11. The van der Waals surface area contributed by atoms with Crippen LogP contribution in [0.1, 0.15) is 66.2 Å². The van der Waals surface area contributed by atoms with Gasteiger partial charge < -0.3 is 19.6 Å². The molecule has 0 saturated heterocycles. The number of carboxylic acids is 1. The molecule has 40 heavy (non-hydrogen) atoms. The number of carboxylic acid groups (broad SMARTS) is 1. The number of carbonyl (C=O) groups is 2. The molecule has 1 fully saturated rings. The van der Waals surface area contributed by atoms with Gasteiger partial charge in [-0.05, 0) is 37.7 Å². The van der Waals surface area contributed by atoms with Crippen molar-refractivity contribution in [2.45, 2.75) is 50.5 Å². The summed E-state index contributed by atoms with van der Waals surface area (Å²) in [6.07, 6.45) is 6.36. The first-order valence-electron chi connectivity index (χ1n) is 12.6. The number of methoxy groups -OCH3 is 1. The first kappa shape index (κ1) is 27.9. The Morgan fingerprint density at radius 3 is 2.65 bits per heavy atom. The van der Waals surface area contributed by atoms with Crippen LogP contribution in [0.5, 0.6) is 0 Å². The van der Waals surface area contributed by atoms with E-state index in [0.29, 0.717) is 60.2 Å². The normalized spacial score (nSPS) is 21.1. The van der Waals surface area contributed by atoms with E-state index in [1.165, 1.54) is 24.5 Å². The van der Waals surface area contributed by atoms with Gasteiger partial charge >= 0.3 is 11.9 Å². The Hall–Kier alpha value is -3.64. The van der Waals surface area contributed by atoms with Crippen LogP contribution in [0.25, 0.3) is 0 Å². The number of aryl methyl sites for hydroxylation is 1. The molecule has 5 rings (SSSR count). The molecule has 0 spiro atoms. The van der Waals surface area contributed by atoms with E-state index < -0.39 is 28.7 Å². The highest BCUT2D eigenvalue weighted by Gasteiger charge is 2.38. The smallest absolute Gasteiger partial charge is 0.335 e. The van der Waals surface area contributed by atoms with E-state index in [0.717, 1.165) is 6.07 Å². The van der Waals surface area contributed by atoms with Crippen LogP contribution in [0.2, 0.25) is 5.02 Å². The van der Waals surface area contributed by atoms with Gasteiger partial charge in [-0.25, -0.2) is 23.5 Å². The molecule has 3 heterocycles. The van der Waals surface area contributed by atoms with Crippen LogP contribution in [-0.4, -0.2) is 40.0 Å². The molecule has 9 nitrogen and oxygen atoms in total. The van der Waals surface area contributed by atoms with E-state index in [-0.39, 0.29) is 35.4 Å². The maximum Gasteiger partial charge on any atom is 0.335 e. The second-order valence-corrected chi connectivity index (χ2v) is 10.8. The number of rotatable bonds is 8. The number of hydrogen-bond donors (Lipinski definition) is 2. The average molecular weight is 591 g/mol. The molecule has 13 heteroatoms. The number of halogens is 3. The van der Waals surface area contributed by atoms with Gasteiger partial charge in [-0.2, -0.15) is 0 Å². The summed E-state index contributed by atoms with van der Waals surface area (Å²) >= 11 is 7.48. The number of oxazole rings is 1. The molecule has 2 N–H and O–H groups in total. The van der Waals surface area contributed by atoms with E-state index in [1.807, 2.05) is 0 Å². The molecular weight excluding hydrogens is 566 g/mol. The number of aliphatic carboxylic acids is 1. The number of benzene rings is 1. The molecule has 2 aliphatic rings. The number of nitrogens with one attached hydrogen (secondary N) is 1. The molecule has 1 aromatic carbocycles. The first-order valence-corrected chi connectivity index (χ1v) is 13.9. The first-order chi connectivity index (χ1) is 19.3. The minimum Gasteiger partial charge on any atom is -0.478 e. The molecule has 0 radical (unpaired) electrons. The van der Waals surface area contributed by atoms with Gasteiger partial charge in [0.25, 0.3) is 0 Å². The number of thiazole rings is 1. The number of aliphatic imine (C=N–C) groups is 1. The third kappa shape index (κ3) is 5.64. The second kappa shape index (κ2) is 11.8. The summed E-state index contributed by atoms with van der Waals surface area (Å²) in [6, 6.07) is 1.01. The summed E-state index contributed by atoms with van der Waals surface area (Å²) in [7, 11) is 1.34. The SMILES string of the molecule is COC(=O)CCc1coc(C2CCC(C3=C(C(=O)O)C(c4ccc(F)c(F)c4Cl)N=C(c4nccs4)N3)CC2)n1. The molecular formula is C27H25ClF2N4O5S. The lowest BCUT2D eigenvalue weighted by molar-refractivity contribution is -0.140. The van der Waals surface area contributed by atoms with Gasteiger partial charge in [-0.3, -0.25) is 9.79 Å². The van der Waals surface area contributed by atoms with Crippen LogP contribution >= 0.6 is 22.9 Å². The molecule has 1 atom stereocenters. The van der Waals surface area contributed by atoms with Crippen molar-refractivity contribution < 1.29 is 32.6 Å². The van der Waals surface area contributed by atoms with Crippen LogP contribution in [-0.2, 0) is 20.7 Å². The van der Waals surface area contributed by atoms with E-state index in [2.05, 4.69) is 25.0 Å². The molecule has 2 aromatic heterocycles. The summed E-state index contributed by atoms with van der Waals surface area (Å²) in [4.78, 5) is 37.4. The molecule has 0 amide bonds. The minimum absolute atomic E-state index is 0.0316. The van der Waals surface area contributed by atoms with Gasteiger partial charge in [0.15, 0.2) is 28.4 Å². The van der Waals surface area contributed by atoms with Crippen LogP contribution in [0.15, 0.2) is 50.7 Å². The Labute approximate surface area is 237 Å². The zero-order valence-electron chi connectivity index (χ0n) is 21.3. The van der Waals surface area contributed by atoms with E-state index in [9.17, 15) is 23.5 Å². The molecule has 1 aliphatic heterocycles. The maximum absolute atomic E-state index is 14.4. The standard InChI is InChI=1S/C27H25ClF2N4O5S/c1-38-18(35)9-6-15-12-39-25(32-15)14-4-2-13(3-5-14)22-19(27(36)37)23(16-7-8-17(29)21(30)20(16)28)34-24(33-22)26-31-10-11-40-26/h7-8,10-14,23H,2-6,9H2,1H3,(H,33,34)(H,36,37). The zero-order valence-corrected chi connectivity index (χ0v) is 22.9. The maximum atomic E-state index is 14.4. The number of ether oxygens (including phenoxy) is 1. The van der Waals surface area contributed by atoms with Crippen molar-refractivity contribution in [2.75, 3.05) is 7.11 Å². The summed E-state index contributed by atoms with van der Waals surface area (Å²) < 4.78 is 38.6. The van der Waals surface area contributed by atoms with Crippen molar-refractivity contribution in [3.63, 3.8) is 0 Å². The van der Waals surface area contributed by atoms with Crippen molar-refractivity contribution in [1.29, 1.82) is 0 Å². The zero-order chi connectivity index (χ0) is 28.4. The highest BCUT2D eigenvalue weighted by Crippen LogP contribution is 2.43. The van der Waals surface area contributed by atoms with E-state index >= 15 is 0 Å². The lowest BCUT2D eigenvalue weighted by Crippen LogP contribution is -2.37. The largest absolute Gasteiger partial charge is 0.478 e. The number of allylic oxidation sites excluding steroid dienone is 1. The van der Waals surface area contributed by atoms with Crippen molar-refractivity contribution in [2.24, 2.45) is 10.9 Å². The van der Waals surface area contributed by atoms with Gasteiger partial charge in [-0.15, -0.1) is 11.3 Å². The van der Waals surface area contributed by atoms with E-state index in [4.69, 9.17) is 16.0 Å². The Morgan fingerprint density at radius 1 is 1.23 bits per heavy atom. The third-order valence-corrected chi connectivity index (χ3v) is 8.33. The topological polar surface area (TPSA) is 127 Å². The van der Waals surface area contributed by atoms with E-state index in [1.54, 1.807) is 17.8 Å². The second-order valence-electron chi connectivity index (χ2n) is 9.54. The Balaban J connectivity index is 1.42. The fourth-order valence-corrected chi connectivity index (χ4v) is 5.98. The quantitative estimate of drug-likeness (QED) is 0.257. The van der Waals surface area contributed by atoms with Crippen molar-refractivity contribution in [1.82, 2.24) is 15.3 Å². The lowest BCUT2D eigenvalue weighted by Gasteiger charge is -2.34. The van der Waals surface area contributed by atoms with Crippen molar-refractivity contribution in [3.8, 4) is 0 Å². The van der Waals surface area contributed by atoms with Crippen LogP contribution in [0.3, 0.4) is 0 Å². The van der Waals surface area contributed by atoms with Crippen molar-refractivity contribution >= 4 is 40.7 Å². The van der Waals surface area contributed by atoms with Gasteiger partial charge in [0.05, 0.1) is 29.8 Å². The number of aromatic nitrogens is 2. The Kier molecular flexibility index (Phi) is 8.27. The van der Waals surface area contributed by atoms with Gasteiger partial charge in [-0.1, -0.05) is 17.7 Å². The summed E-state index contributed by atoms with van der Waals surface area (Å²) in [5, 5.41) is 15.3. The fourth-order valence-electron chi connectivity index (χ4n) is 5.13. The third-order valence-electron chi connectivity index (χ3n) is 7.17. The molecule has 3 aromatic rings. The number of esters is 1. The Bertz CT molecular complexity index is 1480. The lowest BCUT2D eigenvalue weighted by atomic mass is 9.78. The predicted molar refractivity (Wildman–Crippen MR) is 142 cm³/mol. The molecule has 1 saturated carbocycles. The van der Waals surface area contributed by atoms with Gasteiger partial charge in [0.2, 0.25) is 0 Å². The number of nitrogens with zero attached hydrogens (tertiary/aromatic N) is 3.